The Morgan fingerprint density at radius 1 is 0.365 bits per heavy atom. The molecular formula is C94H91Cl9N18O10S6. The van der Waals surface area contributed by atoms with E-state index in [9.17, 15) is 39.6 Å². The van der Waals surface area contributed by atoms with Crippen molar-refractivity contribution in [3.63, 3.8) is 0 Å². The predicted octanol–water partition coefficient (Wildman–Crippen LogP) is 18.3. The summed E-state index contributed by atoms with van der Waals surface area (Å²) >= 11 is 60.9. The van der Waals surface area contributed by atoms with Gasteiger partial charge in [-0.25, -0.2) is 33.8 Å². The molecule has 28 nitrogen and oxygen atoms in total. The summed E-state index contributed by atoms with van der Waals surface area (Å²) < 4.78 is 102. The molecule has 6 aromatic carbocycles. The zero-order valence-electron chi connectivity index (χ0n) is 73.9. The highest BCUT2D eigenvalue weighted by molar-refractivity contribution is 7.87. The van der Waals surface area contributed by atoms with Crippen molar-refractivity contribution < 1.29 is 44.4 Å². The average Bonchev–Trinajstić information content (AvgIpc) is 1.61. The molecule has 43 heteroatoms. The summed E-state index contributed by atoms with van der Waals surface area (Å²) in [6.07, 6.45) is 9.33. The van der Waals surface area contributed by atoms with E-state index in [4.69, 9.17) is 124 Å². The summed E-state index contributed by atoms with van der Waals surface area (Å²) in [5, 5.41) is 24.0. The highest BCUT2D eigenvalue weighted by atomic mass is 35.5. The number of ether oxygens (including phenoxy) is 1. The standard InChI is InChI=1S/C34H35Cl3N6O4S2.C31H29Cl3N6O3S2.C29H27Cl3N6O3S2/c1-22-20-42(21-23(2)47-22)49(45,46)38-19-28-32(34(44)40-41-16-4-3-5-17-41)39-43(30-14-11-26(36)18-29(30)37)33(28)31-15-13-27(48-31)12-8-24-6-9-25(35)10-7-24;32-22-8-5-21(6-9-22)7-11-24-12-14-28(44-24)30-25(20-35-45(42,43)39-17-4-18-39)29(31(41)37-38-15-2-1-3-16-38)36-40(30)27-13-10-23(33)19-26(27)34;1-33-43(40,41)34-18-23-27(29(39)36-37-15-3-2-4-16-37)35-38(25-13-10-21(31)17-24(25)32)28(23)26-14-12-22(42-26)11-7-19-5-8-20(30)9-6-19/h6-7,9-11,13-15,18,22-23,38H,3-5,16-17,19-21H2,1-2H3,(H,40,44);5-6,8-10,12-14,19,35H,1-4,15-18,20H2,(H,37,41);5-6,8-10,12-14,17,33-34H,2-4,15-16,18H2,1H3,(H,36,39). The largest absolute Gasteiger partial charge is 0.373 e. The molecule has 7 N–H and O–H groups in total. The molecule has 11 heterocycles. The molecular weight excluding hydrogens is 2050 g/mol. The third-order valence-electron chi connectivity index (χ3n) is 22.3. The second-order valence-electron chi connectivity index (χ2n) is 32.3. The predicted molar refractivity (Wildman–Crippen MR) is 546 cm³/mol. The van der Waals surface area contributed by atoms with Gasteiger partial charge in [-0.1, -0.05) is 159 Å². The van der Waals surface area contributed by atoms with Crippen molar-refractivity contribution in [2.24, 2.45) is 0 Å². The van der Waals surface area contributed by atoms with E-state index >= 15 is 0 Å². The molecule has 5 saturated heterocycles. The lowest BCUT2D eigenvalue weighted by Crippen LogP contribution is -2.51. The Morgan fingerprint density at radius 2 is 0.657 bits per heavy atom. The van der Waals surface area contributed by atoms with Crippen molar-refractivity contribution in [2.75, 3.05) is 72.5 Å². The number of carbonyl (C=O) groups excluding carboxylic acids is 3. The molecule has 3 amide bonds. The number of amides is 3. The van der Waals surface area contributed by atoms with Crippen LogP contribution in [0.25, 0.3) is 48.8 Å². The van der Waals surface area contributed by atoms with E-state index < -0.39 is 48.3 Å². The molecule has 2 atom stereocenters. The summed E-state index contributed by atoms with van der Waals surface area (Å²) in [5.41, 5.74) is 15.7. The van der Waals surface area contributed by atoms with Gasteiger partial charge in [0.15, 0.2) is 17.1 Å². The van der Waals surface area contributed by atoms with Gasteiger partial charge in [0.05, 0.1) is 90.7 Å². The van der Waals surface area contributed by atoms with Gasteiger partial charge in [-0.3, -0.25) is 30.7 Å². The van der Waals surface area contributed by atoms with E-state index in [-0.39, 0.29) is 62.0 Å². The molecule has 2 unspecified atom stereocenters. The number of rotatable bonds is 24. The lowest BCUT2D eigenvalue weighted by Gasteiger charge is -2.34. The summed E-state index contributed by atoms with van der Waals surface area (Å²) in [6.45, 7) is 8.68. The molecule has 17 rings (SSSR count). The minimum Gasteiger partial charge on any atom is -0.373 e. The van der Waals surface area contributed by atoms with Crippen LogP contribution in [0.15, 0.2) is 164 Å². The third kappa shape index (κ3) is 26.7. The maximum atomic E-state index is 14.0. The Hall–Kier alpha value is -8.80. The Bertz CT molecular complexity index is 6990. The van der Waals surface area contributed by atoms with Crippen LogP contribution in [0.1, 0.15) is 158 Å². The van der Waals surface area contributed by atoms with E-state index in [1.54, 1.807) is 105 Å². The SMILES string of the molecule is CC1CN(S(=O)(=O)NCc2c(C(=O)NN3CCCCC3)nn(-c3ccc(Cl)cc3Cl)c2-c2ccc(C#Cc3ccc(Cl)cc3)s2)CC(C)O1.CNS(=O)(=O)NCc1c(C(=O)NN2CCCCC2)nn(-c2ccc(Cl)cc2Cl)c1-c1ccc(C#Cc2ccc(Cl)cc2)s1.O=C(NN1CCCCC1)c1nn(-c2ccc(Cl)cc2Cl)c(-c2ccc(C#Cc3ccc(Cl)cc3)s2)c1CNS(=O)(=O)N1CCC1. The van der Waals surface area contributed by atoms with E-state index in [0.717, 1.165) is 113 Å². The number of nitrogens with one attached hydrogen (secondary N) is 7. The Balaban J connectivity index is 0.000000156. The number of hydrazine groups is 3. The fourth-order valence-electron chi connectivity index (χ4n) is 15.5. The first kappa shape index (κ1) is 103. The lowest BCUT2D eigenvalue weighted by molar-refractivity contribution is -0.0444. The highest BCUT2D eigenvalue weighted by Gasteiger charge is 2.37. The normalized spacial score (nSPS) is 16.3. The number of hydrogen-bond donors (Lipinski definition) is 7. The van der Waals surface area contributed by atoms with Crippen molar-refractivity contribution in [2.45, 2.75) is 110 Å². The Labute approximate surface area is 852 Å². The van der Waals surface area contributed by atoms with Gasteiger partial charge in [0.25, 0.3) is 48.3 Å². The van der Waals surface area contributed by atoms with E-state index in [2.05, 4.69) is 70.7 Å². The van der Waals surface area contributed by atoms with Crippen LogP contribution >= 0.6 is 138 Å². The van der Waals surface area contributed by atoms with Gasteiger partial charge in [-0.2, -0.15) is 63.3 Å². The fraction of sp³-hybridized carbons (Fsp3) is 0.298. The van der Waals surface area contributed by atoms with Crippen LogP contribution in [0.2, 0.25) is 45.2 Å². The summed E-state index contributed by atoms with van der Waals surface area (Å²) in [6, 6.07) is 47.9. The second kappa shape index (κ2) is 46.7. The number of carbonyl (C=O) groups is 3. The van der Waals surface area contributed by atoms with Gasteiger partial charge in [-0.15, -0.1) is 34.0 Å². The smallest absolute Gasteiger partial charge is 0.286 e. The van der Waals surface area contributed by atoms with E-state index in [1.807, 2.05) is 102 Å². The van der Waals surface area contributed by atoms with Gasteiger partial charge in [0.1, 0.15) is 0 Å². The first-order chi connectivity index (χ1) is 65.8. The molecule has 5 aliphatic heterocycles. The van der Waals surface area contributed by atoms with E-state index in [1.165, 1.54) is 49.7 Å². The van der Waals surface area contributed by atoms with Crippen LogP contribution in [0.4, 0.5) is 0 Å². The monoisotopic (exact) mass is 2140 g/mol. The molecule has 12 aromatic rings. The number of thiophene rings is 3. The number of aromatic nitrogens is 6. The van der Waals surface area contributed by atoms with Crippen LogP contribution in [-0.2, 0) is 55.0 Å². The topological polar surface area (TPSA) is 317 Å². The van der Waals surface area contributed by atoms with Crippen molar-refractivity contribution >= 4 is 187 Å². The van der Waals surface area contributed by atoms with Crippen molar-refractivity contribution in [1.82, 2.24) is 88.1 Å². The van der Waals surface area contributed by atoms with Crippen LogP contribution in [0, 0.1) is 35.5 Å². The van der Waals surface area contributed by atoms with E-state index in [0.29, 0.717) is 145 Å². The van der Waals surface area contributed by atoms with Gasteiger partial charge in [0, 0.05) is 156 Å². The molecule has 0 aliphatic carbocycles. The Morgan fingerprint density at radius 3 is 0.942 bits per heavy atom. The number of hydrogen-bond acceptors (Lipinski definition) is 19. The van der Waals surface area contributed by atoms with Gasteiger partial charge < -0.3 is 4.74 Å². The number of morpholine rings is 1. The minimum atomic E-state index is -3.97. The maximum Gasteiger partial charge on any atom is 0.286 e. The Kier molecular flexibility index (Phi) is 35.0. The quantitative estimate of drug-likeness (QED) is 0.0277. The molecule has 5 aliphatic rings. The first-order valence-electron chi connectivity index (χ1n) is 43.6. The number of piperidine rings is 3. The first-order valence-corrected chi connectivity index (χ1v) is 53.9. The zero-order valence-corrected chi connectivity index (χ0v) is 85.6. The molecule has 6 aromatic heterocycles. The molecule has 0 bridgehead atoms. The van der Waals surface area contributed by atoms with Crippen LogP contribution in [-0.4, -0.2) is 181 Å². The number of benzene rings is 6. The summed E-state index contributed by atoms with van der Waals surface area (Å²) in [7, 11) is -10.3. The van der Waals surface area contributed by atoms with Crippen LogP contribution in [0.3, 0.4) is 0 Å². The molecule has 137 heavy (non-hydrogen) atoms. The van der Waals surface area contributed by atoms with Crippen molar-refractivity contribution in [3.05, 3.63) is 274 Å². The zero-order chi connectivity index (χ0) is 96.8. The third-order valence-corrected chi connectivity index (χ3v) is 31.8. The van der Waals surface area contributed by atoms with Gasteiger partial charge in [-0.05, 0) is 223 Å². The number of nitrogens with zero attached hydrogens (tertiary/aromatic N) is 11. The van der Waals surface area contributed by atoms with Crippen molar-refractivity contribution in [3.8, 4) is 84.3 Å². The molecule has 0 radical (unpaired) electrons. The second-order valence-corrected chi connectivity index (χ2v) is 44.6. The maximum absolute atomic E-state index is 14.0. The molecule has 716 valence electrons. The van der Waals surface area contributed by atoms with Crippen molar-refractivity contribution in [1.29, 1.82) is 0 Å². The molecule has 0 saturated carbocycles. The van der Waals surface area contributed by atoms with Crippen LogP contribution in [0.5, 0.6) is 0 Å². The average molecular weight is 2140 g/mol. The van der Waals surface area contributed by atoms with Crippen LogP contribution < -0.4 is 35.2 Å². The minimum absolute atomic E-state index is 0.0626. The molecule has 5 fully saturated rings. The molecule has 0 spiro atoms. The summed E-state index contributed by atoms with van der Waals surface area (Å²) in [4.78, 5) is 45.9. The van der Waals surface area contributed by atoms with Gasteiger partial charge in [0.2, 0.25) is 0 Å². The fourth-order valence-corrected chi connectivity index (χ4v) is 23.1. The number of halogens is 9. The lowest BCUT2D eigenvalue weighted by atomic mass is 10.1. The highest BCUT2D eigenvalue weighted by Crippen LogP contribution is 2.42. The van der Waals surface area contributed by atoms with Gasteiger partial charge >= 0.3 is 0 Å². The summed E-state index contributed by atoms with van der Waals surface area (Å²) in [5.74, 6) is 17.6.